The van der Waals surface area contributed by atoms with Gasteiger partial charge in [-0.15, -0.1) is 0 Å². The highest BCUT2D eigenvalue weighted by Gasteiger charge is 2.04. The van der Waals surface area contributed by atoms with Gasteiger partial charge >= 0.3 is 0 Å². The van der Waals surface area contributed by atoms with Crippen molar-refractivity contribution in [3.63, 3.8) is 0 Å². The molecule has 0 atom stereocenters. The highest BCUT2D eigenvalue weighted by molar-refractivity contribution is 5.78. The van der Waals surface area contributed by atoms with Crippen molar-refractivity contribution in [3.8, 4) is 0 Å². The standard InChI is InChI=1S/C16H18N2O/c1-12-6-8-13(9-7-12)10-16(19)18-11-14-4-2-3-5-15(14)17/h2-9H,10-11,17H2,1H3,(H,18,19). The second-order valence-corrected chi connectivity index (χ2v) is 4.64. The van der Waals surface area contributed by atoms with E-state index in [2.05, 4.69) is 5.32 Å². The van der Waals surface area contributed by atoms with Crippen LogP contribution in [0.15, 0.2) is 48.5 Å². The fourth-order valence-electron chi connectivity index (χ4n) is 1.84. The van der Waals surface area contributed by atoms with Crippen molar-refractivity contribution in [2.45, 2.75) is 19.9 Å². The summed E-state index contributed by atoms with van der Waals surface area (Å²) in [6.07, 6.45) is 0.396. The Bertz CT molecular complexity index is 561. The van der Waals surface area contributed by atoms with E-state index >= 15 is 0 Å². The van der Waals surface area contributed by atoms with Gasteiger partial charge in [-0.2, -0.15) is 0 Å². The van der Waals surface area contributed by atoms with Gasteiger partial charge in [-0.3, -0.25) is 4.79 Å². The minimum atomic E-state index is 0.00658. The smallest absolute Gasteiger partial charge is 0.224 e. The molecule has 0 saturated carbocycles. The number of carbonyl (C=O) groups is 1. The van der Waals surface area contributed by atoms with Crippen LogP contribution >= 0.6 is 0 Å². The number of benzene rings is 2. The largest absolute Gasteiger partial charge is 0.398 e. The number of para-hydroxylation sites is 1. The van der Waals surface area contributed by atoms with Crippen molar-refractivity contribution in [2.75, 3.05) is 5.73 Å². The van der Waals surface area contributed by atoms with Crippen molar-refractivity contribution in [2.24, 2.45) is 0 Å². The van der Waals surface area contributed by atoms with Crippen molar-refractivity contribution < 1.29 is 4.79 Å². The van der Waals surface area contributed by atoms with E-state index in [0.29, 0.717) is 18.7 Å². The minimum absolute atomic E-state index is 0.00658. The zero-order valence-corrected chi connectivity index (χ0v) is 11.0. The summed E-state index contributed by atoms with van der Waals surface area (Å²) in [6.45, 7) is 2.50. The number of nitrogens with two attached hydrogens (primary N) is 1. The molecule has 0 aliphatic carbocycles. The van der Waals surface area contributed by atoms with Crippen LogP contribution in [0.3, 0.4) is 0 Å². The van der Waals surface area contributed by atoms with E-state index in [4.69, 9.17) is 5.73 Å². The van der Waals surface area contributed by atoms with Gasteiger partial charge in [0.05, 0.1) is 6.42 Å². The summed E-state index contributed by atoms with van der Waals surface area (Å²) in [5.74, 6) is 0.00658. The molecule has 98 valence electrons. The van der Waals surface area contributed by atoms with Crippen molar-refractivity contribution in [1.29, 1.82) is 0 Å². The van der Waals surface area contributed by atoms with E-state index in [0.717, 1.165) is 11.1 Å². The highest BCUT2D eigenvalue weighted by atomic mass is 16.1. The molecule has 3 N–H and O–H groups in total. The summed E-state index contributed by atoms with van der Waals surface area (Å²) in [6, 6.07) is 15.5. The summed E-state index contributed by atoms with van der Waals surface area (Å²) in [7, 11) is 0. The quantitative estimate of drug-likeness (QED) is 0.823. The second kappa shape index (κ2) is 6.05. The second-order valence-electron chi connectivity index (χ2n) is 4.64. The number of hydrogen-bond donors (Lipinski definition) is 2. The molecule has 0 fully saturated rings. The van der Waals surface area contributed by atoms with E-state index in [1.807, 2.05) is 55.5 Å². The van der Waals surface area contributed by atoms with E-state index in [9.17, 15) is 4.79 Å². The number of amides is 1. The highest BCUT2D eigenvalue weighted by Crippen LogP contribution is 2.10. The summed E-state index contributed by atoms with van der Waals surface area (Å²) < 4.78 is 0. The van der Waals surface area contributed by atoms with Crippen LogP contribution in [0, 0.1) is 6.92 Å². The van der Waals surface area contributed by atoms with Crippen LogP contribution in [0.5, 0.6) is 0 Å². The van der Waals surface area contributed by atoms with Gasteiger partial charge in [0.15, 0.2) is 0 Å². The predicted molar refractivity (Wildman–Crippen MR) is 77.6 cm³/mol. The summed E-state index contributed by atoms with van der Waals surface area (Å²) in [5, 5.41) is 2.88. The van der Waals surface area contributed by atoms with Gasteiger partial charge in [-0.25, -0.2) is 0 Å². The van der Waals surface area contributed by atoms with Crippen LogP contribution in [0.25, 0.3) is 0 Å². The van der Waals surface area contributed by atoms with Crippen LogP contribution in [0.2, 0.25) is 0 Å². The molecule has 3 nitrogen and oxygen atoms in total. The Morgan fingerprint density at radius 2 is 1.79 bits per heavy atom. The zero-order valence-electron chi connectivity index (χ0n) is 11.0. The maximum atomic E-state index is 11.8. The first-order chi connectivity index (χ1) is 9.15. The molecular weight excluding hydrogens is 236 g/mol. The van der Waals surface area contributed by atoms with Crippen LogP contribution < -0.4 is 11.1 Å². The van der Waals surface area contributed by atoms with Gasteiger partial charge in [-0.05, 0) is 24.1 Å². The van der Waals surface area contributed by atoms with Crippen molar-refractivity contribution >= 4 is 11.6 Å². The van der Waals surface area contributed by atoms with Gasteiger partial charge < -0.3 is 11.1 Å². The van der Waals surface area contributed by atoms with E-state index in [1.165, 1.54) is 5.56 Å². The summed E-state index contributed by atoms with van der Waals surface area (Å²) in [4.78, 5) is 11.8. The van der Waals surface area contributed by atoms with Gasteiger partial charge in [0.25, 0.3) is 0 Å². The number of carbonyl (C=O) groups excluding carboxylic acids is 1. The van der Waals surface area contributed by atoms with Gasteiger partial charge in [0.1, 0.15) is 0 Å². The van der Waals surface area contributed by atoms with E-state index in [1.54, 1.807) is 0 Å². The van der Waals surface area contributed by atoms with E-state index < -0.39 is 0 Å². The average molecular weight is 254 g/mol. The Labute approximate surface area is 113 Å². The van der Waals surface area contributed by atoms with Crippen LogP contribution in [-0.4, -0.2) is 5.91 Å². The van der Waals surface area contributed by atoms with E-state index in [-0.39, 0.29) is 5.91 Å². The summed E-state index contributed by atoms with van der Waals surface area (Å²) in [5.41, 5.74) is 9.69. The molecule has 0 bridgehead atoms. The Morgan fingerprint density at radius 1 is 1.11 bits per heavy atom. The first-order valence-electron chi connectivity index (χ1n) is 6.31. The maximum absolute atomic E-state index is 11.8. The van der Waals surface area contributed by atoms with Crippen LogP contribution in [0.1, 0.15) is 16.7 Å². The van der Waals surface area contributed by atoms with Crippen molar-refractivity contribution in [3.05, 3.63) is 65.2 Å². The molecule has 0 aromatic heterocycles. The number of anilines is 1. The Balaban J connectivity index is 1.88. The SMILES string of the molecule is Cc1ccc(CC(=O)NCc2ccccc2N)cc1. The molecule has 19 heavy (non-hydrogen) atoms. The molecule has 1 amide bonds. The van der Waals surface area contributed by atoms with Gasteiger partial charge in [0, 0.05) is 12.2 Å². The lowest BCUT2D eigenvalue weighted by atomic mass is 10.1. The minimum Gasteiger partial charge on any atom is -0.398 e. The summed E-state index contributed by atoms with van der Waals surface area (Å²) >= 11 is 0. The third-order valence-electron chi connectivity index (χ3n) is 3.02. The predicted octanol–water partition coefficient (Wildman–Crippen LogP) is 2.44. The van der Waals surface area contributed by atoms with Crippen molar-refractivity contribution in [1.82, 2.24) is 5.32 Å². The lowest BCUT2D eigenvalue weighted by molar-refractivity contribution is -0.120. The molecule has 0 spiro atoms. The molecular formula is C16H18N2O. The Hall–Kier alpha value is -2.29. The fourth-order valence-corrected chi connectivity index (χ4v) is 1.84. The van der Waals surface area contributed by atoms with Gasteiger partial charge in [-0.1, -0.05) is 48.0 Å². The average Bonchev–Trinajstić information content (AvgIpc) is 2.40. The van der Waals surface area contributed by atoms with Crippen LogP contribution in [0.4, 0.5) is 5.69 Å². The molecule has 0 aliphatic rings. The molecule has 0 unspecified atom stereocenters. The van der Waals surface area contributed by atoms with Gasteiger partial charge in [0.2, 0.25) is 5.91 Å². The molecule has 3 heteroatoms. The lowest BCUT2D eigenvalue weighted by Crippen LogP contribution is -2.24. The lowest BCUT2D eigenvalue weighted by Gasteiger charge is -2.08. The normalized spacial score (nSPS) is 10.2. The number of aryl methyl sites for hydroxylation is 1. The number of nitrogen functional groups attached to an aromatic ring is 1. The molecule has 2 aromatic rings. The maximum Gasteiger partial charge on any atom is 0.224 e. The first-order valence-corrected chi connectivity index (χ1v) is 6.31. The first kappa shape index (κ1) is 13.1. The number of rotatable bonds is 4. The molecule has 0 saturated heterocycles. The molecule has 0 heterocycles. The monoisotopic (exact) mass is 254 g/mol. The molecule has 0 aliphatic heterocycles. The molecule has 2 aromatic carbocycles. The Morgan fingerprint density at radius 3 is 2.47 bits per heavy atom. The zero-order chi connectivity index (χ0) is 13.7. The Kier molecular flexibility index (Phi) is 4.18. The van der Waals surface area contributed by atoms with Crippen LogP contribution in [-0.2, 0) is 17.8 Å². The third kappa shape index (κ3) is 3.85. The fraction of sp³-hybridized carbons (Fsp3) is 0.188. The molecule has 2 rings (SSSR count). The number of hydrogen-bond acceptors (Lipinski definition) is 2. The topological polar surface area (TPSA) is 55.1 Å². The molecule has 0 radical (unpaired) electrons. The third-order valence-corrected chi connectivity index (χ3v) is 3.02. The number of nitrogens with one attached hydrogen (secondary N) is 1.